The molecule has 3 rings (SSSR count). The average molecular weight is 279 g/mol. The maximum Gasteiger partial charge on any atom is 0.181 e. The smallest absolute Gasteiger partial charge is 0.181 e. The Kier molecular flexibility index (Phi) is 4.99. The first-order valence-electron chi connectivity index (χ1n) is 6.90. The van der Waals surface area contributed by atoms with Crippen molar-refractivity contribution in [2.45, 2.75) is 13.8 Å². The first kappa shape index (κ1) is 14.7. The number of nitrogens with zero attached hydrogens (tertiary/aromatic N) is 2. The van der Waals surface area contributed by atoms with Gasteiger partial charge in [-0.1, -0.05) is 68.4 Å². The van der Waals surface area contributed by atoms with Gasteiger partial charge in [0.05, 0.1) is 0 Å². The van der Waals surface area contributed by atoms with Crippen LogP contribution in [0, 0.1) is 0 Å². The van der Waals surface area contributed by atoms with Crippen LogP contribution in [0.1, 0.15) is 24.2 Å². The summed E-state index contributed by atoms with van der Waals surface area (Å²) in [5.41, 5.74) is 2.52. The van der Waals surface area contributed by atoms with Gasteiger partial charge in [0.1, 0.15) is 6.29 Å². The number of aromatic amines is 1. The van der Waals surface area contributed by atoms with E-state index in [1.54, 1.807) is 12.1 Å². The summed E-state index contributed by atoms with van der Waals surface area (Å²) in [4.78, 5) is 15.1. The number of hydrogen-bond acceptors (Lipinski definition) is 3. The van der Waals surface area contributed by atoms with Crippen LogP contribution in [0.3, 0.4) is 0 Å². The minimum atomic E-state index is 0.645. The van der Waals surface area contributed by atoms with Crippen LogP contribution >= 0.6 is 0 Å². The van der Waals surface area contributed by atoms with Gasteiger partial charge in [-0.2, -0.15) is 5.10 Å². The van der Waals surface area contributed by atoms with Crippen LogP contribution in [-0.4, -0.2) is 21.5 Å². The lowest BCUT2D eigenvalue weighted by atomic mass is 10.1. The fourth-order valence-electron chi connectivity index (χ4n) is 1.83. The van der Waals surface area contributed by atoms with Gasteiger partial charge in [0.15, 0.2) is 11.6 Å². The van der Waals surface area contributed by atoms with Crippen molar-refractivity contribution in [3.8, 4) is 22.8 Å². The fourth-order valence-corrected chi connectivity index (χ4v) is 1.83. The summed E-state index contributed by atoms with van der Waals surface area (Å²) < 4.78 is 0. The lowest BCUT2D eigenvalue weighted by Crippen LogP contribution is -1.83. The average Bonchev–Trinajstić information content (AvgIpc) is 3.08. The van der Waals surface area contributed by atoms with Crippen molar-refractivity contribution in [1.82, 2.24) is 15.2 Å². The maximum absolute atomic E-state index is 10.6. The van der Waals surface area contributed by atoms with Crippen molar-refractivity contribution in [3.05, 3.63) is 60.2 Å². The molecule has 1 aromatic heterocycles. The van der Waals surface area contributed by atoms with Gasteiger partial charge in [0.2, 0.25) is 0 Å². The van der Waals surface area contributed by atoms with E-state index in [9.17, 15) is 4.79 Å². The van der Waals surface area contributed by atoms with Crippen LogP contribution in [0.15, 0.2) is 54.6 Å². The number of carbonyl (C=O) groups is 1. The van der Waals surface area contributed by atoms with Crippen molar-refractivity contribution in [1.29, 1.82) is 0 Å². The van der Waals surface area contributed by atoms with Crippen LogP contribution in [0.2, 0.25) is 0 Å². The van der Waals surface area contributed by atoms with Gasteiger partial charge in [0, 0.05) is 16.7 Å². The van der Waals surface area contributed by atoms with E-state index < -0.39 is 0 Å². The topological polar surface area (TPSA) is 58.6 Å². The Labute approximate surface area is 123 Å². The number of aromatic nitrogens is 3. The van der Waals surface area contributed by atoms with E-state index in [1.807, 2.05) is 56.3 Å². The zero-order valence-electron chi connectivity index (χ0n) is 12.1. The molecule has 1 N–H and O–H groups in total. The van der Waals surface area contributed by atoms with E-state index >= 15 is 0 Å². The predicted molar refractivity (Wildman–Crippen MR) is 84.0 cm³/mol. The number of carbonyl (C=O) groups excluding carboxylic acids is 1. The number of rotatable bonds is 3. The second-order valence-electron chi connectivity index (χ2n) is 4.11. The van der Waals surface area contributed by atoms with Gasteiger partial charge < -0.3 is 0 Å². The molecule has 21 heavy (non-hydrogen) atoms. The molecule has 4 heteroatoms. The molecule has 1 heterocycles. The van der Waals surface area contributed by atoms with Gasteiger partial charge in [-0.25, -0.2) is 4.98 Å². The van der Waals surface area contributed by atoms with Gasteiger partial charge in [-0.3, -0.25) is 9.89 Å². The second kappa shape index (κ2) is 7.14. The largest absolute Gasteiger partial charge is 0.298 e. The van der Waals surface area contributed by atoms with Crippen LogP contribution in [0.5, 0.6) is 0 Å². The van der Waals surface area contributed by atoms with Crippen LogP contribution in [0.25, 0.3) is 22.8 Å². The molecule has 0 amide bonds. The highest BCUT2D eigenvalue weighted by Crippen LogP contribution is 2.19. The van der Waals surface area contributed by atoms with Crippen LogP contribution in [0.4, 0.5) is 0 Å². The third-order valence-corrected chi connectivity index (χ3v) is 2.84. The van der Waals surface area contributed by atoms with E-state index in [0.717, 1.165) is 17.4 Å². The molecule has 0 fully saturated rings. The molecule has 0 radical (unpaired) electrons. The first-order valence-corrected chi connectivity index (χ1v) is 6.90. The zero-order chi connectivity index (χ0) is 15.1. The van der Waals surface area contributed by atoms with Crippen LogP contribution in [-0.2, 0) is 0 Å². The van der Waals surface area contributed by atoms with Crippen molar-refractivity contribution < 1.29 is 4.79 Å². The molecule has 0 aliphatic rings. The monoisotopic (exact) mass is 279 g/mol. The van der Waals surface area contributed by atoms with Gasteiger partial charge in [-0.05, 0) is 0 Å². The van der Waals surface area contributed by atoms with Crippen molar-refractivity contribution in [2.24, 2.45) is 0 Å². The van der Waals surface area contributed by atoms with Gasteiger partial charge in [0.25, 0.3) is 0 Å². The standard InChI is InChI=1S/C15H11N3O.C2H6/c19-10-11-6-8-13(9-7-11)15-16-14(17-18-15)12-4-2-1-3-5-12;1-2/h1-10H,(H,16,17,18);1-2H3. The minimum Gasteiger partial charge on any atom is -0.298 e. The summed E-state index contributed by atoms with van der Waals surface area (Å²) in [5.74, 6) is 1.35. The van der Waals surface area contributed by atoms with Crippen molar-refractivity contribution in [2.75, 3.05) is 0 Å². The zero-order valence-corrected chi connectivity index (χ0v) is 12.1. The molecule has 0 saturated heterocycles. The number of nitrogens with one attached hydrogen (secondary N) is 1. The number of hydrogen-bond donors (Lipinski definition) is 1. The van der Waals surface area contributed by atoms with Gasteiger partial charge in [-0.15, -0.1) is 0 Å². The lowest BCUT2D eigenvalue weighted by Gasteiger charge is -1.95. The number of benzene rings is 2. The number of H-pyrrole nitrogens is 1. The summed E-state index contributed by atoms with van der Waals surface area (Å²) in [6.45, 7) is 4.00. The maximum atomic E-state index is 10.6. The Morgan fingerprint density at radius 2 is 1.57 bits per heavy atom. The summed E-state index contributed by atoms with van der Waals surface area (Å²) >= 11 is 0. The molecule has 2 aromatic carbocycles. The second-order valence-corrected chi connectivity index (χ2v) is 4.11. The van der Waals surface area contributed by atoms with Gasteiger partial charge >= 0.3 is 0 Å². The molecular weight excluding hydrogens is 262 g/mol. The van der Waals surface area contributed by atoms with E-state index in [1.165, 1.54) is 0 Å². The Bertz CT molecular complexity index is 688. The summed E-state index contributed by atoms with van der Waals surface area (Å²) in [6.07, 6.45) is 0.819. The van der Waals surface area contributed by atoms with Crippen LogP contribution < -0.4 is 0 Å². The Hall–Kier alpha value is -2.75. The Balaban J connectivity index is 0.000000774. The van der Waals surface area contributed by atoms with E-state index in [2.05, 4.69) is 15.2 Å². The number of aldehydes is 1. The van der Waals surface area contributed by atoms with E-state index in [4.69, 9.17) is 0 Å². The first-order chi connectivity index (χ1) is 10.4. The molecule has 0 aliphatic heterocycles. The molecule has 0 atom stereocenters. The highest BCUT2D eigenvalue weighted by molar-refractivity contribution is 5.76. The third-order valence-electron chi connectivity index (χ3n) is 2.84. The Morgan fingerprint density at radius 3 is 2.19 bits per heavy atom. The molecular formula is C17H17N3O. The van der Waals surface area contributed by atoms with Crippen molar-refractivity contribution in [3.63, 3.8) is 0 Å². The molecule has 0 bridgehead atoms. The molecule has 0 spiro atoms. The highest BCUT2D eigenvalue weighted by atomic mass is 16.1. The quantitative estimate of drug-likeness (QED) is 0.738. The summed E-state index contributed by atoms with van der Waals surface area (Å²) in [6, 6.07) is 17.0. The molecule has 0 aliphatic carbocycles. The molecule has 4 nitrogen and oxygen atoms in total. The molecule has 106 valence electrons. The SMILES string of the molecule is CC.O=Cc1ccc(-c2nc(-c3ccccc3)n[nH]2)cc1. The molecule has 0 saturated carbocycles. The summed E-state index contributed by atoms with van der Waals surface area (Å²) in [7, 11) is 0. The predicted octanol–water partition coefficient (Wildman–Crippen LogP) is 3.98. The minimum absolute atomic E-state index is 0.645. The molecule has 3 aromatic rings. The molecule has 0 unspecified atom stereocenters. The van der Waals surface area contributed by atoms with E-state index in [0.29, 0.717) is 17.2 Å². The normalized spacial score (nSPS) is 9.62. The Morgan fingerprint density at radius 1 is 0.905 bits per heavy atom. The summed E-state index contributed by atoms with van der Waals surface area (Å²) in [5, 5.41) is 7.11. The lowest BCUT2D eigenvalue weighted by molar-refractivity contribution is 0.112. The third kappa shape index (κ3) is 3.42. The fraction of sp³-hybridized carbons (Fsp3) is 0.118. The van der Waals surface area contributed by atoms with E-state index in [-0.39, 0.29) is 0 Å². The van der Waals surface area contributed by atoms with Crippen molar-refractivity contribution >= 4 is 6.29 Å². The highest BCUT2D eigenvalue weighted by Gasteiger charge is 2.07.